The van der Waals surface area contributed by atoms with E-state index in [2.05, 4.69) is 16.7 Å². The average molecular weight is 231 g/mol. The van der Waals surface area contributed by atoms with Crippen molar-refractivity contribution < 1.29 is 4.74 Å². The van der Waals surface area contributed by atoms with Crippen molar-refractivity contribution in [2.24, 2.45) is 0 Å². The molecule has 1 aromatic rings. The van der Waals surface area contributed by atoms with Gasteiger partial charge >= 0.3 is 0 Å². The highest BCUT2D eigenvalue weighted by atomic mass is 16.5. The molecule has 2 rings (SSSR count). The smallest absolute Gasteiger partial charge is 0.121 e. The Bertz CT molecular complexity index is 419. The van der Waals surface area contributed by atoms with Crippen LogP contribution in [0.5, 0.6) is 5.75 Å². The molecule has 1 aliphatic rings. The number of nitriles is 1. The number of hydrogen-bond donors (Lipinski definition) is 2. The van der Waals surface area contributed by atoms with Crippen LogP contribution < -0.4 is 15.4 Å². The predicted octanol–water partition coefficient (Wildman–Crippen LogP) is 1.73. The van der Waals surface area contributed by atoms with Crippen LogP contribution in [0.2, 0.25) is 0 Å². The highest BCUT2D eigenvalue weighted by molar-refractivity contribution is 5.60. The highest BCUT2D eigenvalue weighted by Crippen LogP contribution is 2.22. The summed E-state index contributed by atoms with van der Waals surface area (Å²) >= 11 is 0. The van der Waals surface area contributed by atoms with Gasteiger partial charge in [-0.15, -0.1) is 0 Å². The standard InChI is InChI=1S/C13H17N3O/c1-17-12-5-4-10(8-14)13(7-12)16-9-11-3-2-6-15-11/h4-5,7,11,15-16H,2-3,6,9H2,1H3. The maximum absolute atomic E-state index is 9.03. The molecule has 4 nitrogen and oxygen atoms in total. The van der Waals surface area contributed by atoms with Gasteiger partial charge in [-0.1, -0.05) is 0 Å². The second-order valence-electron chi connectivity index (χ2n) is 4.20. The zero-order valence-corrected chi connectivity index (χ0v) is 9.99. The van der Waals surface area contributed by atoms with Gasteiger partial charge in [-0.2, -0.15) is 5.26 Å². The van der Waals surface area contributed by atoms with Crippen molar-refractivity contribution >= 4 is 5.69 Å². The molecule has 0 amide bonds. The van der Waals surface area contributed by atoms with E-state index in [0.717, 1.165) is 24.5 Å². The summed E-state index contributed by atoms with van der Waals surface area (Å²) in [6.07, 6.45) is 2.43. The maximum Gasteiger partial charge on any atom is 0.121 e. The molecule has 1 fully saturated rings. The summed E-state index contributed by atoms with van der Waals surface area (Å²) in [5.74, 6) is 0.769. The third kappa shape index (κ3) is 2.89. The summed E-state index contributed by atoms with van der Waals surface area (Å²) in [6.45, 7) is 1.94. The van der Waals surface area contributed by atoms with Crippen LogP contribution in [-0.2, 0) is 0 Å². The molecule has 17 heavy (non-hydrogen) atoms. The molecule has 0 aromatic heterocycles. The minimum absolute atomic E-state index is 0.507. The van der Waals surface area contributed by atoms with Crippen molar-refractivity contribution in [2.75, 3.05) is 25.5 Å². The molecule has 1 aliphatic heterocycles. The Morgan fingerprint density at radius 3 is 3.12 bits per heavy atom. The molecule has 1 unspecified atom stereocenters. The molecular formula is C13H17N3O. The van der Waals surface area contributed by atoms with E-state index in [1.54, 1.807) is 19.2 Å². The fraction of sp³-hybridized carbons (Fsp3) is 0.462. The first-order valence-electron chi connectivity index (χ1n) is 5.89. The molecule has 0 aliphatic carbocycles. The minimum Gasteiger partial charge on any atom is -0.497 e. The van der Waals surface area contributed by atoms with Crippen molar-refractivity contribution in [1.82, 2.24) is 5.32 Å². The first-order chi connectivity index (χ1) is 8.33. The maximum atomic E-state index is 9.03. The van der Waals surface area contributed by atoms with Gasteiger partial charge in [0.25, 0.3) is 0 Å². The van der Waals surface area contributed by atoms with Crippen LogP contribution in [0.1, 0.15) is 18.4 Å². The van der Waals surface area contributed by atoms with Gasteiger partial charge < -0.3 is 15.4 Å². The van der Waals surface area contributed by atoms with E-state index in [1.165, 1.54) is 12.8 Å². The third-order valence-electron chi connectivity index (χ3n) is 3.05. The van der Waals surface area contributed by atoms with Crippen LogP contribution in [0.25, 0.3) is 0 Å². The number of ether oxygens (including phenoxy) is 1. The van der Waals surface area contributed by atoms with E-state index in [-0.39, 0.29) is 0 Å². The lowest BCUT2D eigenvalue weighted by molar-refractivity contribution is 0.415. The summed E-state index contributed by atoms with van der Waals surface area (Å²) in [5, 5.41) is 15.8. The Hall–Kier alpha value is -1.73. The molecule has 1 saturated heterocycles. The molecule has 4 heteroatoms. The first-order valence-corrected chi connectivity index (χ1v) is 5.89. The lowest BCUT2D eigenvalue weighted by Gasteiger charge is -2.14. The second-order valence-corrected chi connectivity index (χ2v) is 4.20. The lowest BCUT2D eigenvalue weighted by atomic mass is 10.1. The van der Waals surface area contributed by atoms with E-state index in [1.807, 2.05) is 6.07 Å². The number of methoxy groups -OCH3 is 1. The monoisotopic (exact) mass is 231 g/mol. The number of hydrogen-bond acceptors (Lipinski definition) is 4. The van der Waals surface area contributed by atoms with Crippen LogP contribution in [-0.4, -0.2) is 26.2 Å². The number of anilines is 1. The van der Waals surface area contributed by atoms with Crippen LogP contribution in [0.3, 0.4) is 0 Å². The van der Waals surface area contributed by atoms with E-state index in [0.29, 0.717) is 11.6 Å². The predicted molar refractivity (Wildman–Crippen MR) is 67.2 cm³/mol. The Morgan fingerprint density at radius 1 is 1.59 bits per heavy atom. The summed E-state index contributed by atoms with van der Waals surface area (Å²) in [4.78, 5) is 0. The third-order valence-corrected chi connectivity index (χ3v) is 3.05. The fourth-order valence-electron chi connectivity index (χ4n) is 2.06. The summed E-state index contributed by atoms with van der Waals surface area (Å²) in [7, 11) is 1.63. The molecule has 1 aromatic carbocycles. The summed E-state index contributed by atoms with van der Waals surface area (Å²) < 4.78 is 5.16. The molecule has 0 radical (unpaired) electrons. The zero-order chi connectivity index (χ0) is 12.1. The van der Waals surface area contributed by atoms with Gasteiger partial charge in [-0.3, -0.25) is 0 Å². The van der Waals surface area contributed by atoms with Gasteiger partial charge in [0.05, 0.1) is 18.4 Å². The number of nitrogens with one attached hydrogen (secondary N) is 2. The van der Waals surface area contributed by atoms with Gasteiger partial charge in [0.15, 0.2) is 0 Å². The van der Waals surface area contributed by atoms with Crippen LogP contribution in [0, 0.1) is 11.3 Å². The molecule has 1 heterocycles. The SMILES string of the molecule is COc1ccc(C#N)c(NCC2CCCN2)c1. The molecule has 0 bridgehead atoms. The number of rotatable bonds is 4. The van der Waals surface area contributed by atoms with Gasteiger partial charge in [0.2, 0.25) is 0 Å². The van der Waals surface area contributed by atoms with Crippen LogP contribution >= 0.6 is 0 Å². The quantitative estimate of drug-likeness (QED) is 0.828. The lowest BCUT2D eigenvalue weighted by Crippen LogP contribution is -2.29. The van der Waals surface area contributed by atoms with Gasteiger partial charge in [-0.05, 0) is 31.5 Å². The van der Waals surface area contributed by atoms with Gasteiger partial charge in [0.1, 0.15) is 11.8 Å². The summed E-state index contributed by atoms with van der Waals surface area (Å²) in [5.41, 5.74) is 1.50. The van der Waals surface area contributed by atoms with Crippen molar-refractivity contribution in [1.29, 1.82) is 5.26 Å². The highest BCUT2D eigenvalue weighted by Gasteiger charge is 2.14. The number of nitrogens with zero attached hydrogens (tertiary/aromatic N) is 1. The zero-order valence-electron chi connectivity index (χ0n) is 9.99. The van der Waals surface area contributed by atoms with E-state index < -0.39 is 0 Å². The van der Waals surface area contributed by atoms with Crippen LogP contribution in [0.15, 0.2) is 18.2 Å². The minimum atomic E-state index is 0.507. The Labute approximate surface area is 102 Å². The molecule has 1 atom stereocenters. The van der Waals surface area contributed by atoms with Gasteiger partial charge in [0, 0.05) is 18.7 Å². The van der Waals surface area contributed by atoms with E-state index in [9.17, 15) is 0 Å². The molecular weight excluding hydrogens is 214 g/mol. The molecule has 0 spiro atoms. The van der Waals surface area contributed by atoms with Crippen molar-refractivity contribution in [2.45, 2.75) is 18.9 Å². The first kappa shape index (κ1) is 11.7. The van der Waals surface area contributed by atoms with Crippen molar-refractivity contribution in [3.63, 3.8) is 0 Å². The van der Waals surface area contributed by atoms with Gasteiger partial charge in [-0.25, -0.2) is 0 Å². The second kappa shape index (κ2) is 5.55. The topological polar surface area (TPSA) is 57.1 Å². The Balaban J connectivity index is 2.04. The summed E-state index contributed by atoms with van der Waals surface area (Å²) in [6, 6.07) is 8.14. The number of benzene rings is 1. The fourth-order valence-corrected chi connectivity index (χ4v) is 2.06. The molecule has 90 valence electrons. The van der Waals surface area contributed by atoms with Crippen LogP contribution in [0.4, 0.5) is 5.69 Å². The molecule has 2 N–H and O–H groups in total. The van der Waals surface area contributed by atoms with Crippen molar-refractivity contribution in [3.05, 3.63) is 23.8 Å². The Kier molecular flexibility index (Phi) is 3.84. The van der Waals surface area contributed by atoms with E-state index in [4.69, 9.17) is 10.00 Å². The normalized spacial score (nSPS) is 18.7. The molecule has 0 saturated carbocycles. The average Bonchev–Trinajstić information content (AvgIpc) is 2.89. The largest absolute Gasteiger partial charge is 0.497 e. The Morgan fingerprint density at radius 2 is 2.47 bits per heavy atom. The van der Waals surface area contributed by atoms with E-state index >= 15 is 0 Å². The van der Waals surface area contributed by atoms with Crippen molar-refractivity contribution in [3.8, 4) is 11.8 Å².